The number of hydrogen-bond donors (Lipinski definition) is 0. The van der Waals surface area contributed by atoms with Crippen molar-refractivity contribution in [3.8, 4) is 0 Å². The van der Waals surface area contributed by atoms with Gasteiger partial charge in [0.1, 0.15) is 5.01 Å². The molecule has 104 valence electrons. The average Bonchev–Trinajstić information content (AvgIpc) is 2.88. The summed E-state index contributed by atoms with van der Waals surface area (Å²) >= 11 is 1.52. The minimum absolute atomic E-state index is 0.0712. The summed E-state index contributed by atoms with van der Waals surface area (Å²) in [5, 5.41) is 11.6. The van der Waals surface area contributed by atoms with E-state index in [1.807, 2.05) is 31.2 Å². The molecule has 0 amide bonds. The second-order valence-corrected chi connectivity index (χ2v) is 5.77. The second-order valence-electron chi connectivity index (χ2n) is 4.71. The van der Waals surface area contributed by atoms with Gasteiger partial charge in [0, 0.05) is 12.1 Å². The fraction of sp³-hybridized carbons (Fsp3) is 0.0625. The van der Waals surface area contributed by atoms with Gasteiger partial charge in [-0.25, -0.2) is 4.98 Å². The Hall–Kier alpha value is -2.53. The summed E-state index contributed by atoms with van der Waals surface area (Å²) in [4.78, 5) is 14.8. The fourth-order valence-corrected chi connectivity index (χ4v) is 2.81. The van der Waals surface area contributed by atoms with E-state index < -0.39 is 4.92 Å². The first-order valence-corrected chi connectivity index (χ1v) is 7.23. The number of benzene rings is 2. The Bertz CT molecular complexity index is 835. The van der Waals surface area contributed by atoms with Crippen molar-refractivity contribution in [1.82, 2.24) is 4.98 Å². The molecule has 0 saturated carbocycles. The standard InChI is InChI=1S/C16H12N2O2S/c1-11-2-4-12(5-3-11)6-9-16-17-14-10-13(18(19)20)7-8-15(14)21-16/h2-10H,1H3/b9-6+. The molecule has 2 aromatic carbocycles. The topological polar surface area (TPSA) is 56.0 Å². The lowest BCUT2D eigenvalue weighted by molar-refractivity contribution is -0.384. The predicted molar refractivity (Wildman–Crippen MR) is 86.4 cm³/mol. The van der Waals surface area contributed by atoms with Crippen LogP contribution in [-0.2, 0) is 0 Å². The van der Waals surface area contributed by atoms with Gasteiger partial charge in [0.05, 0.1) is 15.1 Å². The summed E-state index contributed by atoms with van der Waals surface area (Å²) in [7, 11) is 0. The highest BCUT2D eigenvalue weighted by molar-refractivity contribution is 7.19. The van der Waals surface area contributed by atoms with Gasteiger partial charge in [-0.1, -0.05) is 35.9 Å². The van der Waals surface area contributed by atoms with E-state index in [1.54, 1.807) is 6.07 Å². The first-order valence-electron chi connectivity index (χ1n) is 6.41. The molecule has 0 bridgehead atoms. The van der Waals surface area contributed by atoms with Crippen LogP contribution in [0.25, 0.3) is 22.4 Å². The number of nitrogens with zero attached hydrogens (tertiary/aromatic N) is 2. The summed E-state index contributed by atoms with van der Waals surface area (Å²) < 4.78 is 0.948. The molecule has 0 aliphatic rings. The molecule has 21 heavy (non-hydrogen) atoms. The second kappa shape index (κ2) is 5.46. The Balaban J connectivity index is 1.90. The zero-order chi connectivity index (χ0) is 14.8. The summed E-state index contributed by atoms with van der Waals surface area (Å²) in [5.41, 5.74) is 3.06. The molecule has 1 heterocycles. The van der Waals surface area contributed by atoms with Crippen molar-refractivity contribution in [3.05, 3.63) is 68.7 Å². The lowest BCUT2D eigenvalue weighted by Gasteiger charge is -1.93. The van der Waals surface area contributed by atoms with E-state index in [0.29, 0.717) is 5.52 Å². The number of hydrogen-bond acceptors (Lipinski definition) is 4. The minimum atomic E-state index is -0.402. The van der Waals surface area contributed by atoms with E-state index in [9.17, 15) is 10.1 Å². The maximum atomic E-state index is 10.8. The molecule has 3 aromatic rings. The number of nitro groups is 1. The molecule has 0 N–H and O–H groups in total. The van der Waals surface area contributed by atoms with Crippen molar-refractivity contribution in [1.29, 1.82) is 0 Å². The highest BCUT2D eigenvalue weighted by atomic mass is 32.1. The summed E-state index contributed by atoms with van der Waals surface area (Å²) in [5.74, 6) is 0. The Kier molecular flexibility index (Phi) is 3.50. The van der Waals surface area contributed by atoms with Gasteiger partial charge in [-0.2, -0.15) is 0 Å². The molecule has 0 saturated heterocycles. The Morgan fingerprint density at radius 1 is 1.14 bits per heavy atom. The van der Waals surface area contributed by atoms with Crippen LogP contribution in [0.15, 0.2) is 42.5 Å². The van der Waals surface area contributed by atoms with Crippen molar-refractivity contribution in [2.24, 2.45) is 0 Å². The molecule has 0 radical (unpaired) electrons. The van der Waals surface area contributed by atoms with Crippen LogP contribution in [0.5, 0.6) is 0 Å². The van der Waals surface area contributed by atoms with Crippen LogP contribution in [0.2, 0.25) is 0 Å². The average molecular weight is 296 g/mol. The molecule has 0 aliphatic carbocycles. The molecular weight excluding hydrogens is 284 g/mol. The van der Waals surface area contributed by atoms with Gasteiger partial charge in [0.2, 0.25) is 0 Å². The first kappa shape index (κ1) is 13.5. The van der Waals surface area contributed by atoms with E-state index in [0.717, 1.165) is 15.3 Å². The summed E-state index contributed by atoms with van der Waals surface area (Å²) in [6.07, 6.45) is 3.92. The summed E-state index contributed by atoms with van der Waals surface area (Å²) in [6, 6.07) is 13.0. The van der Waals surface area contributed by atoms with Gasteiger partial charge < -0.3 is 0 Å². The number of aryl methyl sites for hydroxylation is 1. The SMILES string of the molecule is Cc1ccc(/C=C/c2nc3cc([N+](=O)[O-])ccc3s2)cc1. The number of rotatable bonds is 3. The molecular formula is C16H12N2O2S. The maximum absolute atomic E-state index is 10.8. The van der Waals surface area contributed by atoms with Crippen molar-refractivity contribution >= 4 is 39.4 Å². The van der Waals surface area contributed by atoms with E-state index >= 15 is 0 Å². The molecule has 0 fully saturated rings. The van der Waals surface area contributed by atoms with Crippen LogP contribution < -0.4 is 0 Å². The zero-order valence-corrected chi connectivity index (χ0v) is 12.1. The predicted octanol–water partition coefficient (Wildman–Crippen LogP) is 4.68. The quantitative estimate of drug-likeness (QED) is 0.520. The van der Waals surface area contributed by atoms with E-state index in [4.69, 9.17) is 0 Å². The first-order chi connectivity index (χ1) is 10.1. The molecule has 0 aliphatic heterocycles. The highest BCUT2D eigenvalue weighted by Gasteiger charge is 2.09. The highest BCUT2D eigenvalue weighted by Crippen LogP contribution is 2.27. The van der Waals surface area contributed by atoms with Gasteiger partial charge in [0.15, 0.2) is 0 Å². The molecule has 0 spiro atoms. The van der Waals surface area contributed by atoms with Crippen molar-refractivity contribution in [2.45, 2.75) is 6.92 Å². The van der Waals surface area contributed by atoms with E-state index in [-0.39, 0.29) is 5.69 Å². The molecule has 0 atom stereocenters. The lowest BCUT2D eigenvalue weighted by Crippen LogP contribution is -1.86. The van der Waals surface area contributed by atoms with Crippen LogP contribution in [0, 0.1) is 17.0 Å². The number of aromatic nitrogens is 1. The number of nitro benzene ring substituents is 1. The van der Waals surface area contributed by atoms with Crippen LogP contribution in [-0.4, -0.2) is 9.91 Å². The van der Waals surface area contributed by atoms with E-state index in [1.165, 1.54) is 29.0 Å². The van der Waals surface area contributed by atoms with Gasteiger partial charge >= 0.3 is 0 Å². The van der Waals surface area contributed by atoms with Crippen LogP contribution in [0.4, 0.5) is 5.69 Å². The molecule has 0 unspecified atom stereocenters. The monoisotopic (exact) mass is 296 g/mol. The molecule has 4 nitrogen and oxygen atoms in total. The molecule has 3 rings (SSSR count). The minimum Gasteiger partial charge on any atom is -0.258 e. The van der Waals surface area contributed by atoms with Gasteiger partial charge in [-0.05, 0) is 24.6 Å². The summed E-state index contributed by atoms with van der Waals surface area (Å²) in [6.45, 7) is 2.05. The molecule has 1 aromatic heterocycles. The normalized spacial score (nSPS) is 11.3. The smallest absolute Gasteiger partial charge is 0.258 e. The van der Waals surface area contributed by atoms with E-state index in [2.05, 4.69) is 17.1 Å². The number of thiazole rings is 1. The maximum Gasteiger partial charge on any atom is 0.271 e. The van der Waals surface area contributed by atoms with Crippen molar-refractivity contribution < 1.29 is 4.92 Å². The lowest BCUT2D eigenvalue weighted by atomic mass is 10.1. The van der Waals surface area contributed by atoms with Gasteiger partial charge in [0.25, 0.3) is 5.69 Å². The van der Waals surface area contributed by atoms with Crippen LogP contribution in [0.1, 0.15) is 16.1 Å². The Labute approximate surface area is 125 Å². The third-order valence-corrected chi connectivity index (χ3v) is 4.10. The van der Waals surface area contributed by atoms with Crippen LogP contribution in [0.3, 0.4) is 0 Å². The van der Waals surface area contributed by atoms with Crippen molar-refractivity contribution in [2.75, 3.05) is 0 Å². The Morgan fingerprint density at radius 2 is 1.90 bits per heavy atom. The third-order valence-electron chi connectivity index (χ3n) is 3.09. The number of non-ortho nitro benzene ring substituents is 1. The number of fused-ring (bicyclic) bond motifs is 1. The van der Waals surface area contributed by atoms with Crippen molar-refractivity contribution in [3.63, 3.8) is 0 Å². The van der Waals surface area contributed by atoms with Gasteiger partial charge in [-0.3, -0.25) is 10.1 Å². The largest absolute Gasteiger partial charge is 0.271 e. The Morgan fingerprint density at radius 3 is 2.62 bits per heavy atom. The third kappa shape index (κ3) is 2.98. The molecule has 5 heteroatoms. The zero-order valence-electron chi connectivity index (χ0n) is 11.3. The van der Waals surface area contributed by atoms with Gasteiger partial charge in [-0.15, -0.1) is 11.3 Å². The fourth-order valence-electron chi connectivity index (χ4n) is 1.96. The van der Waals surface area contributed by atoms with Crippen LogP contribution >= 0.6 is 11.3 Å².